The van der Waals surface area contributed by atoms with E-state index in [4.69, 9.17) is 13.9 Å². The third kappa shape index (κ3) is 3.05. The van der Waals surface area contributed by atoms with Crippen molar-refractivity contribution in [3.8, 4) is 11.5 Å². The predicted octanol–water partition coefficient (Wildman–Crippen LogP) is 4.63. The van der Waals surface area contributed by atoms with Gasteiger partial charge in [0.15, 0.2) is 5.76 Å². The first-order chi connectivity index (χ1) is 11.9. The number of methoxy groups -OCH3 is 2. The van der Waals surface area contributed by atoms with E-state index >= 15 is 0 Å². The maximum Gasteiger partial charge on any atom is 0.291 e. The first kappa shape index (κ1) is 16.9. The van der Waals surface area contributed by atoms with E-state index in [0.29, 0.717) is 28.5 Å². The number of nitrogens with one attached hydrogen (secondary N) is 1. The van der Waals surface area contributed by atoms with E-state index in [0.717, 1.165) is 22.1 Å². The molecule has 130 valence electrons. The van der Waals surface area contributed by atoms with E-state index in [2.05, 4.69) is 5.32 Å². The number of hydrogen-bond donors (Lipinski definition) is 1. The van der Waals surface area contributed by atoms with Crippen LogP contribution in [-0.2, 0) is 0 Å². The van der Waals surface area contributed by atoms with Crippen molar-refractivity contribution in [2.75, 3.05) is 19.5 Å². The number of amides is 1. The van der Waals surface area contributed by atoms with Crippen LogP contribution in [0.3, 0.4) is 0 Å². The molecule has 0 atom stereocenters. The van der Waals surface area contributed by atoms with Crippen molar-refractivity contribution in [1.29, 1.82) is 0 Å². The number of hydrogen-bond acceptors (Lipinski definition) is 4. The van der Waals surface area contributed by atoms with Crippen LogP contribution in [0.15, 0.2) is 34.7 Å². The van der Waals surface area contributed by atoms with E-state index in [1.165, 1.54) is 0 Å². The lowest BCUT2D eigenvalue weighted by Crippen LogP contribution is -2.13. The maximum atomic E-state index is 12.7. The molecule has 1 amide bonds. The van der Waals surface area contributed by atoms with Gasteiger partial charge in [0.2, 0.25) is 0 Å². The number of ether oxygens (including phenoxy) is 2. The summed E-state index contributed by atoms with van der Waals surface area (Å²) in [4.78, 5) is 12.7. The lowest BCUT2D eigenvalue weighted by Gasteiger charge is -2.11. The van der Waals surface area contributed by atoms with Crippen molar-refractivity contribution in [1.82, 2.24) is 0 Å². The lowest BCUT2D eigenvalue weighted by molar-refractivity contribution is 0.0997. The maximum absolute atomic E-state index is 12.7. The van der Waals surface area contributed by atoms with Gasteiger partial charge in [0.1, 0.15) is 17.1 Å². The molecule has 2 aromatic carbocycles. The minimum Gasteiger partial charge on any atom is -0.497 e. The summed E-state index contributed by atoms with van der Waals surface area (Å²) in [6.45, 7) is 5.95. The van der Waals surface area contributed by atoms with Crippen molar-refractivity contribution in [2.45, 2.75) is 20.8 Å². The number of carbonyl (C=O) groups excluding carboxylic acids is 1. The van der Waals surface area contributed by atoms with Crippen molar-refractivity contribution in [3.63, 3.8) is 0 Å². The molecule has 1 heterocycles. The molecule has 1 N–H and O–H groups in total. The summed E-state index contributed by atoms with van der Waals surface area (Å²) in [5.41, 5.74) is 4.35. The van der Waals surface area contributed by atoms with Gasteiger partial charge in [0, 0.05) is 17.0 Å². The highest BCUT2D eigenvalue weighted by atomic mass is 16.5. The number of carbonyl (C=O) groups is 1. The van der Waals surface area contributed by atoms with Crippen molar-refractivity contribution < 1.29 is 18.7 Å². The minimum absolute atomic E-state index is 0.296. The highest BCUT2D eigenvalue weighted by molar-refractivity contribution is 6.07. The molecule has 3 rings (SSSR count). The SMILES string of the molecule is COc1ccc(OC)c(NC(=O)c2oc3cc(C)c(C)cc3c2C)c1. The Bertz CT molecular complexity index is 956. The second-order valence-electron chi connectivity index (χ2n) is 6.01. The number of benzene rings is 2. The number of anilines is 1. The fourth-order valence-corrected chi connectivity index (χ4v) is 2.78. The monoisotopic (exact) mass is 339 g/mol. The van der Waals surface area contributed by atoms with E-state index in [1.807, 2.05) is 32.9 Å². The third-order valence-electron chi connectivity index (χ3n) is 4.41. The fraction of sp³-hybridized carbons (Fsp3) is 0.250. The first-order valence-electron chi connectivity index (χ1n) is 7.98. The summed E-state index contributed by atoms with van der Waals surface area (Å²) < 4.78 is 16.3. The van der Waals surface area contributed by atoms with Crippen LogP contribution in [0.4, 0.5) is 5.69 Å². The Kier molecular flexibility index (Phi) is 4.40. The van der Waals surface area contributed by atoms with Crippen LogP contribution in [0.25, 0.3) is 11.0 Å². The average molecular weight is 339 g/mol. The molecule has 0 radical (unpaired) electrons. The molecule has 5 nitrogen and oxygen atoms in total. The average Bonchev–Trinajstić information content (AvgIpc) is 2.91. The molecular weight excluding hydrogens is 318 g/mol. The Labute approximate surface area is 146 Å². The molecule has 0 unspecified atom stereocenters. The third-order valence-corrected chi connectivity index (χ3v) is 4.41. The predicted molar refractivity (Wildman–Crippen MR) is 97.9 cm³/mol. The molecule has 0 spiro atoms. The molecular formula is C20H21NO4. The molecule has 0 aliphatic heterocycles. The Hall–Kier alpha value is -2.95. The summed E-state index contributed by atoms with van der Waals surface area (Å²) in [7, 11) is 3.12. The van der Waals surface area contributed by atoms with Gasteiger partial charge in [0.05, 0.1) is 19.9 Å². The van der Waals surface area contributed by atoms with Crippen molar-refractivity contribution >= 4 is 22.6 Å². The molecule has 0 aliphatic carbocycles. The molecule has 0 bridgehead atoms. The van der Waals surface area contributed by atoms with Gasteiger partial charge in [-0.2, -0.15) is 0 Å². The Balaban J connectivity index is 1.99. The number of rotatable bonds is 4. The summed E-state index contributed by atoms with van der Waals surface area (Å²) >= 11 is 0. The normalized spacial score (nSPS) is 10.8. The van der Waals surface area contributed by atoms with Crippen LogP contribution in [0.1, 0.15) is 27.2 Å². The second kappa shape index (κ2) is 6.51. The molecule has 0 saturated heterocycles. The van der Waals surface area contributed by atoms with Gasteiger partial charge in [-0.1, -0.05) is 0 Å². The van der Waals surface area contributed by atoms with Crippen LogP contribution in [0.5, 0.6) is 11.5 Å². The van der Waals surface area contributed by atoms with Gasteiger partial charge >= 0.3 is 0 Å². The van der Waals surface area contributed by atoms with Crippen LogP contribution >= 0.6 is 0 Å². The smallest absolute Gasteiger partial charge is 0.291 e. The summed E-state index contributed by atoms with van der Waals surface area (Å²) in [5, 5.41) is 3.80. The zero-order valence-corrected chi connectivity index (χ0v) is 15.0. The molecule has 0 saturated carbocycles. The zero-order valence-electron chi connectivity index (χ0n) is 15.0. The van der Waals surface area contributed by atoms with E-state index < -0.39 is 0 Å². The molecule has 0 fully saturated rings. The number of fused-ring (bicyclic) bond motifs is 1. The van der Waals surface area contributed by atoms with Gasteiger partial charge in [-0.25, -0.2) is 0 Å². The molecule has 25 heavy (non-hydrogen) atoms. The first-order valence-corrected chi connectivity index (χ1v) is 7.98. The largest absolute Gasteiger partial charge is 0.497 e. The van der Waals surface area contributed by atoms with Crippen LogP contribution < -0.4 is 14.8 Å². The van der Waals surface area contributed by atoms with Gasteiger partial charge in [-0.15, -0.1) is 0 Å². The fourth-order valence-electron chi connectivity index (χ4n) is 2.78. The van der Waals surface area contributed by atoms with E-state index in [1.54, 1.807) is 32.4 Å². The Morgan fingerprint density at radius 3 is 2.40 bits per heavy atom. The van der Waals surface area contributed by atoms with Gasteiger partial charge < -0.3 is 19.2 Å². The Morgan fingerprint density at radius 2 is 1.72 bits per heavy atom. The standard InChI is InChI=1S/C20H21NO4/c1-11-8-15-13(3)19(25-18(15)9-12(11)2)20(22)21-16-10-14(23-4)6-7-17(16)24-5/h6-10H,1-5H3,(H,21,22). The van der Waals surface area contributed by atoms with Gasteiger partial charge in [0.25, 0.3) is 5.91 Å². The van der Waals surface area contributed by atoms with E-state index in [9.17, 15) is 4.79 Å². The lowest BCUT2D eigenvalue weighted by atomic mass is 10.0. The Morgan fingerprint density at radius 1 is 1.00 bits per heavy atom. The van der Waals surface area contributed by atoms with Crippen molar-refractivity contribution in [3.05, 3.63) is 52.8 Å². The highest BCUT2D eigenvalue weighted by Crippen LogP contribution is 2.32. The molecule has 1 aromatic heterocycles. The highest BCUT2D eigenvalue weighted by Gasteiger charge is 2.20. The summed E-state index contributed by atoms with van der Waals surface area (Å²) in [6.07, 6.45) is 0. The van der Waals surface area contributed by atoms with Gasteiger partial charge in [-0.05, 0) is 56.2 Å². The summed E-state index contributed by atoms with van der Waals surface area (Å²) in [5.74, 6) is 1.15. The van der Waals surface area contributed by atoms with E-state index in [-0.39, 0.29) is 5.91 Å². The number of aryl methyl sites for hydroxylation is 3. The van der Waals surface area contributed by atoms with Crippen LogP contribution in [0.2, 0.25) is 0 Å². The zero-order chi connectivity index (χ0) is 18.1. The van der Waals surface area contributed by atoms with Crippen LogP contribution in [0, 0.1) is 20.8 Å². The second-order valence-corrected chi connectivity index (χ2v) is 6.01. The van der Waals surface area contributed by atoms with Crippen molar-refractivity contribution in [2.24, 2.45) is 0 Å². The topological polar surface area (TPSA) is 60.7 Å². The molecule has 0 aliphatic rings. The van der Waals surface area contributed by atoms with Crippen LogP contribution in [-0.4, -0.2) is 20.1 Å². The quantitative estimate of drug-likeness (QED) is 0.753. The molecule has 3 aromatic rings. The molecule has 5 heteroatoms. The minimum atomic E-state index is -0.324. The summed E-state index contributed by atoms with van der Waals surface area (Å²) in [6, 6.07) is 9.23. The number of furan rings is 1. The van der Waals surface area contributed by atoms with Gasteiger partial charge in [-0.3, -0.25) is 4.79 Å².